The van der Waals surface area contributed by atoms with Crippen LogP contribution in [-0.4, -0.2) is 47.3 Å². The minimum Gasteiger partial charge on any atom is -0.503 e. The van der Waals surface area contributed by atoms with E-state index in [0.717, 1.165) is 39.1 Å². The Balaban J connectivity index is 1.81. The highest BCUT2D eigenvalue weighted by Gasteiger charge is 2.08. The van der Waals surface area contributed by atoms with Gasteiger partial charge in [-0.05, 0) is 25.1 Å². The number of aromatic hydroxyl groups is 1. The van der Waals surface area contributed by atoms with Crippen LogP contribution < -0.4 is 10.9 Å². The lowest BCUT2D eigenvalue weighted by molar-refractivity contribution is 0.234. The first-order chi connectivity index (χ1) is 8.27. The molecule has 1 aromatic heterocycles. The Labute approximate surface area is 101 Å². The summed E-state index contributed by atoms with van der Waals surface area (Å²) >= 11 is 0. The number of pyridine rings is 1. The summed E-state index contributed by atoms with van der Waals surface area (Å²) in [5.74, 6) is -0.172. The second-order valence-electron chi connectivity index (χ2n) is 4.34. The van der Waals surface area contributed by atoms with Crippen LogP contribution in [0.4, 0.5) is 0 Å². The molecule has 0 aliphatic carbocycles. The zero-order chi connectivity index (χ0) is 12.1. The van der Waals surface area contributed by atoms with E-state index in [-0.39, 0.29) is 11.3 Å². The highest BCUT2D eigenvalue weighted by atomic mass is 16.3. The molecule has 2 rings (SSSR count). The maximum Gasteiger partial charge on any atom is 0.292 e. The van der Waals surface area contributed by atoms with Gasteiger partial charge in [-0.2, -0.15) is 0 Å². The lowest BCUT2D eigenvalue weighted by Crippen LogP contribution is -2.44. The standard InChI is InChI=1S/C12H19N3O2/c16-11-3-1-7-15(12(11)17)8-2-6-14-9-4-13-5-10-14/h1,3,7,13,16H,2,4-6,8-10H2. The van der Waals surface area contributed by atoms with E-state index in [1.807, 2.05) is 0 Å². The van der Waals surface area contributed by atoms with Crippen LogP contribution >= 0.6 is 0 Å². The van der Waals surface area contributed by atoms with Crippen molar-refractivity contribution in [1.82, 2.24) is 14.8 Å². The Hall–Kier alpha value is -1.33. The summed E-state index contributed by atoms with van der Waals surface area (Å²) in [4.78, 5) is 13.9. The van der Waals surface area contributed by atoms with Crippen molar-refractivity contribution in [3.05, 3.63) is 28.7 Å². The van der Waals surface area contributed by atoms with Gasteiger partial charge in [0.15, 0.2) is 5.75 Å². The molecule has 5 nitrogen and oxygen atoms in total. The van der Waals surface area contributed by atoms with Crippen LogP contribution in [0.1, 0.15) is 6.42 Å². The van der Waals surface area contributed by atoms with Crippen LogP contribution in [0.15, 0.2) is 23.1 Å². The van der Waals surface area contributed by atoms with E-state index in [1.54, 1.807) is 16.8 Å². The maximum atomic E-state index is 11.5. The van der Waals surface area contributed by atoms with Gasteiger partial charge >= 0.3 is 0 Å². The topological polar surface area (TPSA) is 57.5 Å². The van der Waals surface area contributed by atoms with E-state index in [9.17, 15) is 9.90 Å². The van der Waals surface area contributed by atoms with E-state index in [1.165, 1.54) is 6.07 Å². The lowest BCUT2D eigenvalue weighted by Gasteiger charge is -2.27. The fourth-order valence-electron chi connectivity index (χ4n) is 2.10. The zero-order valence-electron chi connectivity index (χ0n) is 9.93. The second kappa shape index (κ2) is 5.84. The largest absolute Gasteiger partial charge is 0.503 e. The summed E-state index contributed by atoms with van der Waals surface area (Å²) in [5, 5.41) is 12.6. The zero-order valence-corrected chi connectivity index (χ0v) is 9.93. The Morgan fingerprint density at radius 2 is 2.06 bits per heavy atom. The Morgan fingerprint density at radius 3 is 2.82 bits per heavy atom. The summed E-state index contributed by atoms with van der Waals surface area (Å²) in [6.45, 7) is 5.92. The lowest BCUT2D eigenvalue weighted by atomic mass is 10.3. The van der Waals surface area contributed by atoms with E-state index in [0.29, 0.717) is 6.54 Å². The quantitative estimate of drug-likeness (QED) is 0.764. The normalized spacial score (nSPS) is 17.2. The molecule has 1 aliphatic rings. The van der Waals surface area contributed by atoms with Crippen LogP contribution in [0.2, 0.25) is 0 Å². The van der Waals surface area contributed by atoms with Crippen LogP contribution in [0.25, 0.3) is 0 Å². The third-order valence-corrected chi connectivity index (χ3v) is 3.08. The Morgan fingerprint density at radius 1 is 1.29 bits per heavy atom. The Kier molecular flexibility index (Phi) is 4.17. The van der Waals surface area contributed by atoms with E-state index in [2.05, 4.69) is 10.2 Å². The van der Waals surface area contributed by atoms with Crippen LogP contribution in [-0.2, 0) is 6.54 Å². The molecule has 5 heteroatoms. The number of hydrogen-bond acceptors (Lipinski definition) is 4. The number of nitrogens with one attached hydrogen (secondary N) is 1. The van der Waals surface area contributed by atoms with Crippen molar-refractivity contribution in [2.75, 3.05) is 32.7 Å². The van der Waals surface area contributed by atoms with E-state index in [4.69, 9.17) is 0 Å². The number of hydrogen-bond donors (Lipinski definition) is 2. The van der Waals surface area contributed by atoms with Gasteiger partial charge in [0.05, 0.1) is 0 Å². The third-order valence-electron chi connectivity index (χ3n) is 3.08. The molecule has 0 unspecified atom stereocenters. The fourth-order valence-corrected chi connectivity index (χ4v) is 2.10. The number of nitrogens with zero attached hydrogens (tertiary/aromatic N) is 2. The Bertz CT molecular complexity index is 410. The van der Waals surface area contributed by atoms with E-state index >= 15 is 0 Å². The molecule has 0 amide bonds. The van der Waals surface area contributed by atoms with Crippen molar-refractivity contribution in [1.29, 1.82) is 0 Å². The molecule has 0 atom stereocenters. The highest BCUT2D eigenvalue weighted by molar-refractivity contribution is 5.14. The molecule has 1 aliphatic heterocycles. The minimum absolute atomic E-state index is 0.172. The fraction of sp³-hybridized carbons (Fsp3) is 0.583. The van der Waals surface area contributed by atoms with Gasteiger partial charge in [-0.25, -0.2) is 0 Å². The predicted molar refractivity (Wildman–Crippen MR) is 66.3 cm³/mol. The van der Waals surface area contributed by atoms with Crippen molar-refractivity contribution < 1.29 is 5.11 Å². The molecular formula is C12H19N3O2. The van der Waals surface area contributed by atoms with E-state index < -0.39 is 0 Å². The molecule has 0 spiro atoms. The average Bonchev–Trinajstić information content (AvgIpc) is 2.36. The van der Waals surface area contributed by atoms with Gasteiger partial charge in [0.2, 0.25) is 0 Å². The van der Waals surface area contributed by atoms with Crippen LogP contribution in [0.5, 0.6) is 5.75 Å². The number of aryl methyl sites for hydroxylation is 1. The summed E-state index contributed by atoms with van der Waals surface area (Å²) in [6, 6.07) is 3.12. The summed E-state index contributed by atoms with van der Waals surface area (Å²) in [5.41, 5.74) is -0.298. The molecule has 1 fully saturated rings. The minimum atomic E-state index is -0.298. The molecule has 0 bridgehead atoms. The summed E-state index contributed by atoms with van der Waals surface area (Å²) in [7, 11) is 0. The molecule has 2 N–H and O–H groups in total. The molecule has 0 saturated carbocycles. The first-order valence-electron chi connectivity index (χ1n) is 6.09. The van der Waals surface area contributed by atoms with Crippen LogP contribution in [0.3, 0.4) is 0 Å². The monoisotopic (exact) mass is 237 g/mol. The SMILES string of the molecule is O=c1c(O)cccn1CCCN1CCNCC1. The average molecular weight is 237 g/mol. The van der Waals surface area contributed by atoms with Gasteiger partial charge in [-0.15, -0.1) is 0 Å². The summed E-state index contributed by atoms with van der Waals surface area (Å²) < 4.78 is 1.57. The smallest absolute Gasteiger partial charge is 0.292 e. The van der Waals surface area contributed by atoms with Gasteiger partial charge in [-0.3, -0.25) is 4.79 Å². The highest BCUT2D eigenvalue weighted by Crippen LogP contribution is 2.00. The molecular weight excluding hydrogens is 218 g/mol. The van der Waals surface area contributed by atoms with Crippen molar-refractivity contribution in [3.63, 3.8) is 0 Å². The molecule has 2 heterocycles. The van der Waals surface area contributed by atoms with Crippen molar-refractivity contribution in [2.24, 2.45) is 0 Å². The van der Waals surface area contributed by atoms with Gasteiger partial charge in [-0.1, -0.05) is 0 Å². The third kappa shape index (κ3) is 3.31. The molecule has 0 aromatic carbocycles. The maximum absolute atomic E-state index is 11.5. The number of rotatable bonds is 4. The molecule has 1 saturated heterocycles. The summed E-state index contributed by atoms with van der Waals surface area (Å²) in [6.07, 6.45) is 2.66. The van der Waals surface area contributed by atoms with Gasteiger partial charge in [0.25, 0.3) is 5.56 Å². The molecule has 94 valence electrons. The van der Waals surface area contributed by atoms with Crippen molar-refractivity contribution >= 4 is 0 Å². The van der Waals surface area contributed by atoms with Crippen molar-refractivity contribution in [3.8, 4) is 5.75 Å². The van der Waals surface area contributed by atoms with Gasteiger partial charge < -0.3 is 19.9 Å². The van der Waals surface area contributed by atoms with Crippen LogP contribution in [0, 0.1) is 0 Å². The number of piperazine rings is 1. The van der Waals surface area contributed by atoms with Crippen molar-refractivity contribution in [2.45, 2.75) is 13.0 Å². The second-order valence-corrected chi connectivity index (χ2v) is 4.34. The first-order valence-corrected chi connectivity index (χ1v) is 6.09. The molecule has 1 aromatic rings. The van der Waals surface area contributed by atoms with Gasteiger partial charge in [0.1, 0.15) is 0 Å². The van der Waals surface area contributed by atoms with Gasteiger partial charge in [0, 0.05) is 38.9 Å². The number of aromatic nitrogens is 1. The molecule has 0 radical (unpaired) electrons. The predicted octanol–water partition coefficient (Wildman–Crippen LogP) is -0.151. The molecule has 17 heavy (non-hydrogen) atoms. The first kappa shape index (κ1) is 12.1.